The molecule has 0 saturated heterocycles. The number of hydrogen-bond donors (Lipinski definition) is 1. The van der Waals surface area contributed by atoms with Crippen molar-refractivity contribution in [2.75, 3.05) is 0 Å². The van der Waals surface area contributed by atoms with Gasteiger partial charge in [0.25, 0.3) is 0 Å². The summed E-state index contributed by atoms with van der Waals surface area (Å²) in [7, 11) is 0. The molecule has 0 fully saturated rings. The molecule has 2 N–H and O–H groups in total. The minimum Gasteiger partial charge on any atom is -0.310 e. The second-order valence-electron chi connectivity index (χ2n) is 4.68. The Labute approximate surface area is 123 Å². The lowest BCUT2D eigenvalue weighted by atomic mass is 9.83. The van der Waals surface area contributed by atoms with E-state index in [1.165, 1.54) is 24.3 Å². The molecule has 0 radical (unpaired) electrons. The van der Waals surface area contributed by atoms with Gasteiger partial charge in [0.05, 0.1) is 0 Å². The van der Waals surface area contributed by atoms with Crippen LogP contribution in [-0.4, -0.2) is 6.18 Å². The molecule has 0 unspecified atom stereocenters. The second kappa shape index (κ2) is 5.22. The van der Waals surface area contributed by atoms with Crippen LogP contribution in [0, 0.1) is 6.92 Å². The van der Waals surface area contributed by atoms with Gasteiger partial charge in [-0.15, -0.1) is 0 Å². The summed E-state index contributed by atoms with van der Waals surface area (Å²) in [6.07, 6.45) is -4.59. The summed E-state index contributed by atoms with van der Waals surface area (Å²) in [5, 5.41) is 0. The summed E-state index contributed by atoms with van der Waals surface area (Å²) >= 11 is 3.21. The zero-order chi connectivity index (χ0) is 15.0. The summed E-state index contributed by atoms with van der Waals surface area (Å²) in [5.41, 5.74) is 4.19. The lowest BCUT2D eigenvalue weighted by Crippen LogP contribution is -2.51. The van der Waals surface area contributed by atoms with Crippen LogP contribution in [0.15, 0.2) is 53.0 Å². The average molecular weight is 344 g/mol. The first kappa shape index (κ1) is 15.1. The normalized spacial score (nSPS) is 14.9. The molecule has 2 rings (SSSR count). The van der Waals surface area contributed by atoms with Gasteiger partial charge in [0, 0.05) is 4.47 Å². The van der Waals surface area contributed by atoms with Crippen LogP contribution in [0.1, 0.15) is 16.7 Å². The third kappa shape index (κ3) is 2.60. The van der Waals surface area contributed by atoms with Crippen molar-refractivity contribution in [3.05, 3.63) is 69.7 Å². The van der Waals surface area contributed by atoms with E-state index in [2.05, 4.69) is 15.9 Å². The number of aryl methyl sites for hydroxylation is 1. The SMILES string of the molecule is Cc1ccc([C@](N)(c2ccc(Br)cc2)C(F)(F)F)cc1. The molecule has 5 heteroatoms. The van der Waals surface area contributed by atoms with Crippen LogP contribution in [0.25, 0.3) is 0 Å². The Bertz CT molecular complexity index is 543. The third-order valence-electron chi connectivity index (χ3n) is 3.25. The summed E-state index contributed by atoms with van der Waals surface area (Å²) in [5.74, 6) is 0. The van der Waals surface area contributed by atoms with Gasteiger partial charge in [0.15, 0.2) is 5.54 Å². The maximum absolute atomic E-state index is 13.5. The second-order valence-corrected chi connectivity index (χ2v) is 5.59. The van der Waals surface area contributed by atoms with Crippen molar-refractivity contribution < 1.29 is 13.2 Å². The minimum atomic E-state index is -4.59. The fraction of sp³-hybridized carbons (Fsp3) is 0.200. The fourth-order valence-electron chi connectivity index (χ4n) is 2.02. The van der Waals surface area contributed by atoms with Crippen molar-refractivity contribution >= 4 is 15.9 Å². The van der Waals surface area contributed by atoms with Crippen molar-refractivity contribution in [1.82, 2.24) is 0 Å². The Morgan fingerprint density at radius 2 is 1.25 bits per heavy atom. The van der Waals surface area contributed by atoms with Crippen LogP contribution in [0.5, 0.6) is 0 Å². The summed E-state index contributed by atoms with van der Waals surface area (Å²) < 4.78 is 41.3. The van der Waals surface area contributed by atoms with Crippen molar-refractivity contribution in [3.63, 3.8) is 0 Å². The first-order valence-electron chi connectivity index (χ1n) is 5.94. The summed E-state index contributed by atoms with van der Waals surface area (Å²) in [6.45, 7) is 1.81. The van der Waals surface area contributed by atoms with E-state index in [-0.39, 0.29) is 11.1 Å². The molecule has 0 amide bonds. The van der Waals surface area contributed by atoms with E-state index in [4.69, 9.17) is 5.73 Å². The third-order valence-corrected chi connectivity index (χ3v) is 3.78. The predicted octanol–water partition coefficient (Wildman–Crippen LogP) is 4.52. The number of hydrogen-bond acceptors (Lipinski definition) is 1. The molecule has 20 heavy (non-hydrogen) atoms. The van der Waals surface area contributed by atoms with Crippen LogP contribution in [0.3, 0.4) is 0 Å². The average Bonchev–Trinajstić information content (AvgIpc) is 2.38. The lowest BCUT2D eigenvalue weighted by Gasteiger charge is -2.33. The zero-order valence-corrected chi connectivity index (χ0v) is 12.3. The van der Waals surface area contributed by atoms with Crippen LogP contribution in [0.2, 0.25) is 0 Å². The quantitative estimate of drug-likeness (QED) is 0.852. The lowest BCUT2D eigenvalue weighted by molar-refractivity contribution is -0.176. The molecule has 0 spiro atoms. The Morgan fingerprint density at radius 3 is 1.65 bits per heavy atom. The highest BCUT2D eigenvalue weighted by atomic mass is 79.9. The molecule has 1 nitrogen and oxygen atoms in total. The van der Waals surface area contributed by atoms with Gasteiger partial charge < -0.3 is 5.73 Å². The van der Waals surface area contributed by atoms with Crippen molar-refractivity contribution in [2.45, 2.75) is 18.6 Å². The molecule has 0 bridgehead atoms. The van der Waals surface area contributed by atoms with Gasteiger partial charge in [0.2, 0.25) is 0 Å². The van der Waals surface area contributed by atoms with E-state index in [1.807, 2.05) is 6.92 Å². The Hall–Kier alpha value is -1.33. The maximum atomic E-state index is 13.5. The summed E-state index contributed by atoms with van der Waals surface area (Å²) in [6, 6.07) is 12.0. The van der Waals surface area contributed by atoms with E-state index in [0.29, 0.717) is 4.47 Å². The van der Waals surface area contributed by atoms with Crippen molar-refractivity contribution in [2.24, 2.45) is 5.73 Å². The number of alkyl halides is 3. The van der Waals surface area contributed by atoms with E-state index in [0.717, 1.165) is 5.56 Å². The van der Waals surface area contributed by atoms with Gasteiger partial charge in [-0.25, -0.2) is 0 Å². The highest BCUT2D eigenvalue weighted by Crippen LogP contribution is 2.42. The Kier molecular flexibility index (Phi) is 3.93. The molecule has 1 atom stereocenters. The molecule has 0 aliphatic heterocycles. The molecule has 2 aromatic rings. The molecule has 2 aromatic carbocycles. The van der Waals surface area contributed by atoms with Gasteiger partial charge in [0.1, 0.15) is 0 Å². The van der Waals surface area contributed by atoms with Gasteiger partial charge in [-0.2, -0.15) is 13.2 Å². The van der Waals surface area contributed by atoms with Crippen LogP contribution >= 0.6 is 15.9 Å². The van der Waals surface area contributed by atoms with Crippen molar-refractivity contribution in [3.8, 4) is 0 Å². The highest BCUT2D eigenvalue weighted by molar-refractivity contribution is 9.10. The van der Waals surface area contributed by atoms with Gasteiger partial charge >= 0.3 is 6.18 Å². The van der Waals surface area contributed by atoms with Crippen LogP contribution in [-0.2, 0) is 5.54 Å². The molecular formula is C15H13BrF3N. The summed E-state index contributed by atoms with van der Waals surface area (Å²) in [4.78, 5) is 0. The maximum Gasteiger partial charge on any atom is 0.414 e. The van der Waals surface area contributed by atoms with E-state index in [9.17, 15) is 13.2 Å². The topological polar surface area (TPSA) is 26.0 Å². The Balaban J connectivity index is 2.62. The monoisotopic (exact) mass is 343 g/mol. The van der Waals surface area contributed by atoms with Gasteiger partial charge in [-0.3, -0.25) is 0 Å². The number of benzene rings is 2. The standard InChI is InChI=1S/C15H13BrF3N/c1-10-2-4-11(5-3-10)14(20,15(17,18)19)12-6-8-13(16)9-7-12/h2-9H,20H2,1H3/t14-/m0/s1. The Morgan fingerprint density at radius 1 is 0.850 bits per heavy atom. The molecule has 0 heterocycles. The molecular weight excluding hydrogens is 331 g/mol. The molecule has 106 valence electrons. The first-order chi connectivity index (χ1) is 9.25. The van der Waals surface area contributed by atoms with Gasteiger partial charge in [-0.1, -0.05) is 57.9 Å². The number of halogens is 4. The number of rotatable bonds is 2. The van der Waals surface area contributed by atoms with Crippen LogP contribution in [0.4, 0.5) is 13.2 Å². The van der Waals surface area contributed by atoms with Crippen LogP contribution < -0.4 is 5.73 Å². The fourth-order valence-corrected chi connectivity index (χ4v) is 2.29. The zero-order valence-electron chi connectivity index (χ0n) is 10.7. The highest BCUT2D eigenvalue weighted by Gasteiger charge is 2.54. The van der Waals surface area contributed by atoms with Gasteiger partial charge in [-0.05, 0) is 30.2 Å². The molecule has 0 aromatic heterocycles. The molecule has 0 aliphatic carbocycles. The minimum absolute atomic E-state index is 0.0112. The predicted molar refractivity (Wildman–Crippen MR) is 76.3 cm³/mol. The van der Waals surface area contributed by atoms with E-state index in [1.54, 1.807) is 24.3 Å². The largest absolute Gasteiger partial charge is 0.414 e. The smallest absolute Gasteiger partial charge is 0.310 e. The van der Waals surface area contributed by atoms with E-state index >= 15 is 0 Å². The van der Waals surface area contributed by atoms with Crippen molar-refractivity contribution in [1.29, 1.82) is 0 Å². The van der Waals surface area contributed by atoms with E-state index < -0.39 is 11.7 Å². The molecule has 0 saturated carbocycles. The first-order valence-corrected chi connectivity index (χ1v) is 6.73. The molecule has 0 aliphatic rings. The number of nitrogens with two attached hydrogens (primary N) is 1.